The molecule has 1 aromatic heterocycles. The van der Waals surface area contributed by atoms with E-state index in [4.69, 9.17) is 4.74 Å². The van der Waals surface area contributed by atoms with E-state index in [1.54, 1.807) is 24.3 Å². The molecule has 3 rings (SSSR count). The van der Waals surface area contributed by atoms with E-state index in [0.717, 1.165) is 18.4 Å². The second kappa shape index (κ2) is 9.82. The molecule has 0 spiro atoms. The van der Waals surface area contributed by atoms with Gasteiger partial charge in [-0.1, -0.05) is 61.9 Å². The molecule has 2 aromatic carbocycles. The van der Waals surface area contributed by atoms with Gasteiger partial charge in [0.2, 0.25) is 0 Å². The van der Waals surface area contributed by atoms with Crippen LogP contribution in [0.25, 0.3) is 10.8 Å². The Morgan fingerprint density at radius 3 is 2.43 bits per heavy atom. The number of carbonyl (C=O) groups excluding carboxylic acids is 2. The molecule has 1 atom stereocenters. The highest BCUT2D eigenvalue weighted by atomic mass is 16.5. The number of hydrogen-bond donors (Lipinski definition) is 1. The third kappa shape index (κ3) is 5.11. The standard InChI is InChI=1S/C23H25N3O4/c1-3-9-16(2)24-20(27)15-30-23(29)21-18-12-7-8-13-19(18)22(28)26(25-21)14-17-10-5-4-6-11-17/h4-8,10-13,16H,3,9,14-15H2,1-2H3,(H,24,27)/t16-/m1/s1. The Bertz CT molecular complexity index is 1090. The summed E-state index contributed by atoms with van der Waals surface area (Å²) in [5.74, 6) is -1.11. The first kappa shape index (κ1) is 21.2. The fourth-order valence-corrected chi connectivity index (χ4v) is 3.27. The van der Waals surface area contributed by atoms with Gasteiger partial charge in [0.05, 0.1) is 11.9 Å². The van der Waals surface area contributed by atoms with Crippen LogP contribution in [0.5, 0.6) is 0 Å². The third-order valence-corrected chi connectivity index (χ3v) is 4.70. The lowest BCUT2D eigenvalue weighted by Crippen LogP contribution is -2.36. The van der Waals surface area contributed by atoms with Gasteiger partial charge in [0.25, 0.3) is 11.5 Å². The summed E-state index contributed by atoms with van der Waals surface area (Å²) in [6, 6.07) is 16.1. The Kier molecular flexibility index (Phi) is 6.95. The molecular weight excluding hydrogens is 382 g/mol. The minimum atomic E-state index is -0.744. The minimum absolute atomic E-state index is 0.00735. The largest absolute Gasteiger partial charge is 0.451 e. The molecule has 7 nitrogen and oxygen atoms in total. The van der Waals surface area contributed by atoms with Gasteiger partial charge in [0.1, 0.15) is 0 Å². The molecule has 0 saturated heterocycles. The topological polar surface area (TPSA) is 90.3 Å². The summed E-state index contributed by atoms with van der Waals surface area (Å²) >= 11 is 0. The number of hydrogen-bond acceptors (Lipinski definition) is 5. The Morgan fingerprint density at radius 1 is 1.07 bits per heavy atom. The second-order valence-electron chi connectivity index (χ2n) is 7.18. The zero-order chi connectivity index (χ0) is 21.5. The molecule has 1 amide bonds. The van der Waals surface area contributed by atoms with Crippen molar-refractivity contribution >= 4 is 22.6 Å². The first-order chi connectivity index (χ1) is 14.5. The van der Waals surface area contributed by atoms with E-state index >= 15 is 0 Å². The molecular formula is C23H25N3O4. The molecule has 3 aromatic rings. The summed E-state index contributed by atoms with van der Waals surface area (Å²) in [5.41, 5.74) is 0.596. The van der Waals surface area contributed by atoms with Crippen molar-refractivity contribution < 1.29 is 14.3 Å². The number of rotatable bonds is 8. The van der Waals surface area contributed by atoms with Crippen molar-refractivity contribution in [2.24, 2.45) is 0 Å². The van der Waals surface area contributed by atoms with Crippen LogP contribution >= 0.6 is 0 Å². The second-order valence-corrected chi connectivity index (χ2v) is 7.18. The number of fused-ring (bicyclic) bond motifs is 1. The van der Waals surface area contributed by atoms with Crippen LogP contribution in [0.1, 0.15) is 42.7 Å². The van der Waals surface area contributed by atoms with Gasteiger partial charge >= 0.3 is 5.97 Å². The van der Waals surface area contributed by atoms with E-state index < -0.39 is 12.6 Å². The van der Waals surface area contributed by atoms with E-state index in [2.05, 4.69) is 10.4 Å². The van der Waals surface area contributed by atoms with Gasteiger partial charge in [-0.25, -0.2) is 9.48 Å². The average molecular weight is 407 g/mol. The smallest absolute Gasteiger partial charge is 0.359 e. The van der Waals surface area contributed by atoms with Crippen LogP contribution in [-0.2, 0) is 16.1 Å². The molecule has 0 fully saturated rings. The Hall–Kier alpha value is -3.48. The highest BCUT2D eigenvalue weighted by Crippen LogP contribution is 2.15. The summed E-state index contributed by atoms with van der Waals surface area (Å²) < 4.78 is 6.44. The summed E-state index contributed by atoms with van der Waals surface area (Å²) in [4.78, 5) is 37.6. The van der Waals surface area contributed by atoms with Crippen molar-refractivity contribution in [2.75, 3.05) is 6.61 Å². The van der Waals surface area contributed by atoms with Crippen LogP contribution in [0.3, 0.4) is 0 Å². The number of amides is 1. The van der Waals surface area contributed by atoms with Crippen molar-refractivity contribution in [2.45, 2.75) is 39.3 Å². The fraction of sp³-hybridized carbons (Fsp3) is 0.304. The van der Waals surface area contributed by atoms with Crippen LogP contribution in [0, 0.1) is 0 Å². The first-order valence-electron chi connectivity index (χ1n) is 10.00. The van der Waals surface area contributed by atoms with E-state index in [1.807, 2.05) is 44.2 Å². The van der Waals surface area contributed by atoms with Crippen molar-refractivity contribution in [3.05, 3.63) is 76.2 Å². The highest BCUT2D eigenvalue weighted by Gasteiger charge is 2.19. The molecule has 30 heavy (non-hydrogen) atoms. The number of ether oxygens (including phenoxy) is 1. The van der Waals surface area contributed by atoms with Gasteiger partial charge in [-0.3, -0.25) is 9.59 Å². The number of aromatic nitrogens is 2. The van der Waals surface area contributed by atoms with Crippen molar-refractivity contribution in [3.8, 4) is 0 Å². The fourth-order valence-electron chi connectivity index (χ4n) is 3.27. The summed E-state index contributed by atoms with van der Waals surface area (Å²) in [5, 5.41) is 7.82. The SMILES string of the molecule is CCC[C@@H](C)NC(=O)COC(=O)c1nn(Cc2ccccc2)c(=O)c2ccccc12. The molecule has 0 bridgehead atoms. The van der Waals surface area contributed by atoms with Crippen molar-refractivity contribution in [3.63, 3.8) is 0 Å². The molecule has 0 saturated carbocycles. The Morgan fingerprint density at radius 2 is 1.73 bits per heavy atom. The lowest BCUT2D eigenvalue weighted by atomic mass is 10.1. The normalized spacial score (nSPS) is 11.8. The molecule has 0 aliphatic rings. The van der Waals surface area contributed by atoms with Crippen molar-refractivity contribution in [1.29, 1.82) is 0 Å². The van der Waals surface area contributed by atoms with Gasteiger partial charge in [-0.05, 0) is 25.0 Å². The maximum Gasteiger partial charge on any atom is 0.359 e. The Labute approximate surface area is 174 Å². The van der Waals surface area contributed by atoms with Gasteiger partial charge in [-0.15, -0.1) is 0 Å². The van der Waals surface area contributed by atoms with Crippen LogP contribution in [0.4, 0.5) is 0 Å². The lowest BCUT2D eigenvalue weighted by Gasteiger charge is -2.13. The van der Waals surface area contributed by atoms with Crippen LogP contribution in [-0.4, -0.2) is 34.3 Å². The van der Waals surface area contributed by atoms with Gasteiger partial charge in [0.15, 0.2) is 12.3 Å². The maximum atomic E-state index is 12.8. The first-order valence-corrected chi connectivity index (χ1v) is 10.00. The zero-order valence-electron chi connectivity index (χ0n) is 17.1. The minimum Gasteiger partial charge on any atom is -0.451 e. The third-order valence-electron chi connectivity index (χ3n) is 4.70. The summed E-state index contributed by atoms with van der Waals surface area (Å²) in [7, 11) is 0. The predicted molar refractivity (Wildman–Crippen MR) is 114 cm³/mol. The van der Waals surface area contributed by atoms with Crippen LogP contribution in [0.2, 0.25) is 0 Å². The maximum absolute atomic E-state index is 12.8. The van der Waals surface area contributed by atoms with E-state index in [1.165, 1.54) is 4.68 Å². The lowest BCUT2D eigenvalue weighted by molar-refractivity contribution is -0.124. The molecule has 1 heterocycles. The molecule has 0 unspecified atom stereocenters. The van der Waals surface area contributed by atoms with Crippen molar-refractivity contribution in [1.82, 2.24) is 15.1 Å². The molecule has 0 aliphatic carbocycles. The number of benzene rings is 2. The molecule has 7 heteroatoms. The average Bonchev–Trinajstić information content (AvgIpc) is 2.75. The molecule has 1 N–H and O–H groups in total. The van der Waals surface area contributed by atoms with Gasteiger partial charge in [0, 0.05) is 11.4 Å². The van der Waals surface area contributed by atoms with Gasteiger partial charge < -0.3 is 10.1 Å². The summed E-state index contributed by atoms with van der Waals surface area (Å²) in [6.07, 6.45) is 1.79. The predicted octanol–water partition coefficient (Wildman–Crippen LogP) is 2.91. The monoisotopic (exact) mass is 407 g/mol. The molecule has 156 valence electrons. The Balaban J connectivity index is 1.85. The van der Waals surface area contributed by atoms with E-state index in [0.29, 0.717) is 10.8 Å². The highest BCUT2D eigenvalue weighted by molar-refractivity contribution is 6.02. The van der Waals surface area contributed by atoms with Gasteiger partial charge in [-0.2, -0.15) is 5.10 Å². The number of nitrogens with zero attached hydrogens (tertiary/aromatic N) is 2. The van der Waals surface area contributed by atoms with Crippen LogP contribution < -0.4 is 10.9 Å². The summed E-state index contributed by atoms with van der Waals surface area (Å²) in [6.45, 7) is 3.75. The number of esters is 1. The zero-order valence-corrected chi connectivity index (χ0v) is 17.1. The molecule has 0 radical (unpaired) electrons. The quantitative estimate of drug-likeness (QED) is 0.580. The van der Waals surface area contributed by atoms with Crippen LogP contribution in [0.15, 0.2) is 59.4 Å². The van der Waals surface area contributed by atoms with E-state index in [9.17, 15) is 14.4 Å². The van der Waals surface area contributed by atoms with E-state index in [-0.39, 0.29) is 29.7 Å². The number of carbonyl (C=O) groups is 2. The molecule has 0 aliphatic heterocycles. The number of nitrogens with one attached hydrogen (secondary N) is 1.